The number of nitrogen functional groups attached to an aromatic ring is 1. The van der Waals surface area contributed by atoms with Crippen LogP contribution in [0.15, 0.2) is 40.9 Å². The first-order valence-corrected chi connectivity index (χ1v) is 11.8. The minimum atomic E-state index is -5.08. The van der Waals surface area contributed by atoms with E-state index in [1.807, 2.05) is 12.3 Å². The lowest BCUT2D eigenvalue weighted by Gasteiger charge is -2.41. The van der Waals surface area contributed by atoms with Gasteiger partial charge < -0.3 is 21.5 Å². The normalized spacial score (nSPS) is 18.5. The molecule has 192 valence electrons. The highest BCUT2D eigenvalue weighted by Crippen LogP contribution is 2.47. The second kappa shape index (κ2) is 10.1. The number of anilines is 2. The molecule has 5 rings (SSSR count). The highest BCUT2D eigenvalue weighted by atomic mass is 35.5. The number of hydrogen-bond donors (Lipinski definition) is 3. The molecule has 0 radical (unpaired) electrons. The maximum atomic E-state index is 10.6. The van der Waals surface area contributed by atoms with E-state index in [9.17, 15) is 13.2 Å². The van der Waals surface area contributed by atoms with E-state index in [2.05, 4.69) is 34.6 Å². The Morgan fingerprint density at radius 2 is 1.89 bits per heavy atom. The molecular formula is C20H21ClF3N9O2S. The van der Waals surface area contributed by atoms with E-state index in [1.54, 1.807) is 12.4 Å². The predicted molar refractivity (Wildman–Crippen MR) is 124 cm³/mol. The number of hydrogen-bond acceptors (Lipinski definition) is 10. The third-order valence-corrected chi connectivity index (χ3v) is 7.34. The molecule has 0 aromatic carbocycles. The third-order valence-electron chi connectivity index (χ3n) is 6.05. The molecule has 5 N–H and O–H groups in total. The molecule has 3 aromatic rings. The quantitative estimate of drug-likeness (QED) is 0.445. The lowest BCUT2D eigenvalue weighted by molar-refractivity contribution is -0.192. The number of aromatic nitrogens is 6. The van der Waals surface area contributed by atoms with Crippen LogP contribution in [0.4, 0.5) is 24.8 Å². The number of rotatable bonds is 3. The molecule has 2 aliphatic rings. The molecule has 16 heteroatoms. The summed E-state index contributed by atoms with van der Waals surface area (Å²) in [7, 11) is 0. The summed E-state index contributed by atoms with van der Waals surface area (Å²) in [5, 5.41) is 13.0. The van der Waals surface area contributed by atoms with Crippen LogP contribution in [-0.4, -0.2) is 60.1 Å². The number of aliphatic carboxylic acids is 1. The fourth-order valence-corrected chi connectivity index (χ4v) is 5.07. The van der Waals surface area contributed by atoms with Gasteiger partial charge in [0.05, 0.1) is 30.3 Å². The van der Waals surface area contributed by atoms with Crippen molar-refractivity contribution in [2.45, 2.75) is 41.7 Å². The maximum Gasteiger partial charge on any atom is 0.490 e. The highest BCUT2D eigenvalue weighted by Gasteiger charge is 2.47. The number of alkyl halides is 3. The summed E-state index contributed by atoms with van der Waals surface area (Å²) in [5.74, 6) is -1.61. The lowest BCUT2D eigenvalue weighted by Crippen LogP contribution is -2.45. The number of halogens is 4. The van der Waals surface area contributed by atoms with E-state index in [0.29, 0.717) is 10.1 Å². The standard InChI is InChI=1S/C18H20ClN9S.C2HF3O2/c19-16-17(24-7-12(20)26-16)29-14-9-22-13(8-23-14)27-5-2-18(3-6-27)10-28-11(15(18)21)1-4-25-28;3-2(4,5)1(6)7/h1,4,7-9,15H,2-3,5-6,10,21H2,(H2,20,26);(H,6,7)/t15-;/m1./s1. The molecule has 1 saturated heterocycles. The van der Waals surface area contributed by atoms with Crippen LogP contribution in [0.2, 0.25) is 5.15 Å². The van der Waals surface area contributed by atoms with E-state index in [4.69, 9.17) is 33.0 Å². The topological polar surface area (TPSA) is 162 Å². The van der Waals surface area contributed by atoms with Crippen LogP contribution in [0, 0.1) is 5.41 Å². The molecule has 2 aliphatic heterocycles. The fraction of sp³-hybridized carbons (Fsp3) is 0.400. The Bertz CT molecular complexity index is 1230. The van der Waals surface area contributed by atoms with Crippen molar-refractivity contribution < 1.29 is 23.1 Å². The molecule has 11 nitrogen and oxygen atoms in total. The van der Waals surface area contributed by atoms with Crippen LogP contribution in [-0.2, 0) is 11.3 Å². The SMILES string of the molecule is Nc1cnc(Sc2cnc(N3CCC4(CC3)Cn3nccc3[C@H]4N)cn2)c(Cl)n1.O=C(O)C(F)(F)F. The number of carboxylic acids is 1. The number of piperidine rings is 1. The van der Waals surface area contributed by atoms with Gasteiger partial charge in [0.2, 0.25) is 0 Å². The van der Waals surface area contributed by atoms with Crippen molar-refractivity contribution in [3.05, 3.63) is 41.7 Å². The van der Waals surface area contributed by atoms with E-state index >= 15 is 0 Å². The Balaban J connectivity index is 0.000000384. The summed E-state index contributed by atoms with van der Waals surface area (Å²) in [5.41, 5.74) is 13.4. The van der Waals surface area contributed by atoms with Crippen LogP contribution >= 0.6 is 23.4 Å². The molecule has 0 saturated carbocycles. The van der Waals surface area contributed by atoms with Crippen molar-refractivity contribution in [3.63, 3.8) is 0 Å². The van der Waals surface area contributed by atoms with Gasteiger partial charge in [-0.3, -0.25) is 4.68 Å². The predicted octanol–water partition coefficient (Wildman–Crippen LogP) is 2.78. The van der Waals surface area contributed by atoms with E-state index < -0.39 is 12.1 Å². The maximum absolute atomic E-state index is 10.6. The lowest BCUT2D eigenvalue weighted by atomic mass is 9.73. The summed E-state index contributed by atoms with van der Waals surface area (Å²) in [6.07, 6.45) is 3.75. The summed E-state index contributed by atoms with van der Waals surface area (Å²) in [4.78, 5) is 28.4. The van der Waals surface area contributed by atoms with E-state index in [1.165, 1.54) is 18.0 Å². The van der Waals surface area contributed by atoms with Gasteiger partial charge in [-0.2, -0.15) is 18.3 Å². The molecule has 36 heavy (non-hydrogen) atoms. The molecular weight excluding hydrogens is 523 g/mol. The fourth-order valence-electron chi connectivity index (χ4n) is 4.16. The molecule has 1 spiro atoms. The highest BCUT2D eigenvalue weighted by molar-refractivity contribution is 7.99. The molecule has 5 heterocycles. The number of carboxylic acid groups (broad SMARTS) is 1. The van der Waals surface area contributed by atoms with Crippen molar-refractivity contribution in [1.29, 1.82) is 0 Å². The van der Waals surface area contributed by atoms with Gasteiger partial charge in [-0.05, 0) is 30.7 Å². The minimum absolute atomic E-state index is 0.0442. The zero-order chi connectivity index (χ0) is 26.1. The first-order valence-electron chi connectivity index (χ1n) is 10.6. The first kappa shape index (κ1) is 25.9. The summed E-state index contributed by atoms with van der Waals surface area (Å²) in [6.45, 7) is 2.69. The van der Waals surface area contributed by atoms with Crippen LogP contribution in [0.1, 0.15) is 24.6 Å². The first-order chi connectivity index (χ1) is 17.0. The second-order valence-corrected chi connectivity index (χ2v) is 9.62. The van der Waals surface area contributed by atoms with Gasteiger partial charge >= 0.3 is 12.1 Å². The van der Waals surface area contributed by atoms with Gasteiger partial charge in [0.1, 0.15) is 21.7 Å². The van der Waals surface area contributed by atoms with Crippen molar-refractivity contribution >= 4 is 41.0 Å². The molecule has 0 bridgehead atoms. The molecule has 1 fully saturated rings. The average Bonchev–Trinajstić information content (AvgIpc) is 3.38. The second-order valence-electron chi connectivity index (χ2n) is 8.25. The van der Waals surface area contributed by atoms with Crippen molar-refractivity contribution in [2.75, 3.05) is 23.7 Å². The monoisotopic (exact) mass is 543 g/mol. The molecule has 3 aromatic heterocycles. The Morgan fingerprint density at radius 1 is 1.19 bits per heavy atom. The van der Waals surface area contributed by atoms with Crippen LogP contribution in [0.25, 0.3) is 0 Å². The Morgan fingerprint density at radius 3 is 2.44 bits per heavy atom. The van der Waals surface area contributed by atoms with Gasteiger partial charge in [-0.1, -0.05) is 11.6 Å². The van der Waals surface area contributed by atoms with E-state index in [-0.39, 0.29) is 22.4 Å². The van der Waals surface area contributed by atoms with Crippen molar-refractivity contribution in [2.24, 2.45) is 11.1 Å². The van der Waals surface area contributed by atoms with Crippen LogP contribution < -0.4 is 16.4 Å². The minimum Gasteiger partial charge on any atom is -0.475 e. The van der Waals surface area contributed by atoms with Crippen molar-refractivity contribution in [3.8, 4) is 0 Å². The number of fused-ring (bicyclic) bond motifs is 1. The number of nitrogens with two attached hydrogens (primary N) is 2. The Kier molecular flexibility index (Phi) is 7.24. The van der Waals surface area contributed by atoms with Crippen LogP contribution in [0.3, 0.4) is 0 Å². The van der Waals surface area contributed by atoms with Gasteiger partial charge in [0, 0.05) is 31.2 Å². The van der Waals surface area contributed by atoms with Gasteiger partial charge in [-0.15, -0.1) is 0 Å². The van der Waals surface area contributed by atoms with Gasteiger partial charge in [0.15, 0.2) is 5.15 Å². The molecule has 1 atom stereocenters. The average molecular weight is 544 g/mol. The third kappa shape index (κ3) is 5.47. The number of carbonyl (C=O) groups is 1. The Hall–Kier alpha value is -3.17. The smallest absolute Gasteiger partial charge is 0.475 e. The van der Waals surface area contributed by atoms with Crippen molar-refractivity contribution in [1.82, 2.24) is 29.7 Å². The summed E-state index contributed by atoms with van der Waals surface area (Å²) in [6, 6.07) is 2.08. The van der Waals surface area contributed by atoms with E-state index in [0.717, 1.165) is 44.0 Å². The van der Waals surface area contributed by atoms with Gasteiger partial charge in [-0.25, -0.2) is 24.7 Å². The molecule has 0 amide bonds. The Labute approximate surface area is 212 Å². The van der Waals surface area contributed by atoms with Gasteiger partial charge in [0.25, 0.3) is 0 Å². The van der Waals surface area contributed by atoms with Crippen LogP contribution in [0.5, 0.6) is 0 Å². The number of nitrogens with zero attached hydrogens (tertiary/aromatic N) is 7. The molecule has 0 aliphatic carbocycles. The summed E-state index contributed by atoms with van der Waals surface area (Å²) < 4.78 is 33.8. The zero-order valence-corrected chi connectivity index (χ0v) is 20.1. The largest absolute Gasteiger partial charge is 0.490 e. The zero-order valence-electron chi connectivity index (χ0n) is 18.6. The molecule has 0 unspecified atom stereocenters. The summed E-state index contributed by atoms with van der Waals surface area (Å²) >= 11 is 7.39.